The van der Waals surface area contributed by atoms with E-state index in [-0.39, 0.29) is 23.7 Å². The summed E-state index contributed by atoms with van der Waals surface area (Å²) in [5.74, 6) is 0.294. The van der Waals surface area contributed by atoms with Crippen LogP contribution >= 0.6 is 0 Å². The molecule has 0 saturated carbocycles. The highest BCUT2D eigenvalue weighted by Gasteiger charge is 2.29. The first kappa shape index (κ1) is 15.7. The third kappa shape index (κ3) is 4.67. The highest BCUT2D eigenvalue weighted by molar-refractivity contribution is 5.83. The van der Waals surface area contributed by atoms with Gasteiger partial charge in [0.1, 0.15) is 11.9 Å². The molecule has 0 bridgehead atoms. The van der Waals surface area contributed by atoms with Gasteiger partial charge in [0, 0.05) is 24.8 Å². The Labute approximate surface area is 125 Å². The van der Waals surface area contributed by atoms with E-state index in [2.05, 4.69) is 5.32 Å². The molecule has 0 aliphatic carbocycles. The van der Waals surface area contributed by atoms with Crippen LogP contribution < -0.4 is 5.32 Å². The van der Waals surface area contributed by atoms with Crippen LogP contribution in [-0.2, 0) is 20.7 Å². The minimum Gasteiger partial charge on any atom is -0.464 e. The summed E-state index contributed by atoms with van der Waals surface area (Å²) in [5.41, 5.74) is 1.12. The number of hydrogen-bond donors (Lipinski definition) is 1. The third-order valence-electron chi connectivity index (χ3n) is 4.11. The zero-order chi connectivity index (χ0) is 15.1. The van der Waals surface area contributed by atoms with Crippen molar-refractivity contribution in [2.45, 2.75) is 32.3 Å². The second-order valence-corrected chi connectivity index (χ2v) is 5.77. The van der Waals surface area contributed by atoms with Crippen LogP contribution in [0.25, 0.3) is 0 Å². The van der Waals surface area contributed by atoms with Crippen LogP contribution in [0.2, 0.25) is 0 Å². The SMILES string of the molecule is CC1CNCCC(CC(Cc2ccccc2)OC=O)C1=O. The highest BCUT2D eigenvalue weighted by atomic mass is 16.5. The van der Waals surface area contributed by atoms with Crippen LogP contribution in [0.15, 0.2) is 30.3 Å². The maximum absolute atomic E-state index is 12.4. The van der Waals surface area contributed by atoms with Gasteiger partial charge in [-0.15, -0.1) is 0 Å². The number of Topliss-reactive ketones (excluding diaryl/α,β-unsaturated/α-hetero) is 1. The summed E-state index contributed by atoms with van der Waals surface area (Å²) in [5, 5.41) is 3.28. The van der Waals surface area contributed by atoms with Crippen molar-refractivity contribution in [3.8, 4) is 0 Å². The molecule has 3 unspecified atom stereocenters. The summed E-state index contributed by atoms with van der Waals surface area (Å²) in [6.45, 7) is 4.05. The van der Waals surface area contributed by atoms with Gasteiger partial charge in [0.05, 0.1) is 0 Å². The first-order chi connectivity index (χ1) is 10.2. The smallest absolute Gasteiger partial charge is 0.293 e. The summed E-state index contributed by atoms with van der Waals surface area (Å²) in [4.78, 5) is 23.1. The summed E-state index contributed by atoms with van der Waals surface area (Å²) in [6.07, 6.45) is 1.85. The molecule has 0 radical (unpaired) electrons. The van der Waals surface area contributed by atoms with Gasteiger partial charge in [0.25, 0.3) is 6.47 Å². The molecule has 1 N–H and O–H groups in total. The van der Waals surface area contributed by atoms with E-state index in [1.807, 2.05) is 37.3 Å². The summed E-state index contributed by atoms with van der Waals surface area (Å²) in [7, 11) is 0. The normalized spacial score (nSPS) is 24.1. The maximum atomic E-state index is 12.4. The molecule has 1 aliphatic rings. The minimum absolute atomic E-state index is 0.0244. The third-order valence-corrected chi connectivity index (χ3v) is 4.11. The van der Waals surface area contributed by atoms with E-state index in [0.717, 1.165) is 25.1 Å². The lowest BCUT2D eigenvalue weighted by molar-refractivity contribution is -0.136. The van der Waals surface area contributed by atoms with E-state index in [1.54, 1.807) is 0 Å². The molecule has 0 amide bonds. The topological polar surface area (TPSA) is 55.4 Å². The standard InChI is InChI=1S/C17H23NO3/c1-13-11-18-8-7-15(17(13)20)10-16(21-12-19)9-14-5-3-2-4-6-14/h2-6,12-13,15-16,18H,7-11H2,1H3. The average molecular weight is 289 g/mol. The Morgan fingerprint density at radius 3 is 2.86 bits per heavy atom. The van der Waals surface area contributed by atoms with Gasteiger partial charge in [-0.05, 0) is 24.9 Å². The Balaban J connectivity index is 2.01. The van der Waals surface area contributed by atoms with Crippen molar-refractivity contribution >= 4 is 12.3 Å². The number of nitrogens with one attached hydrogen (secondary N) is 1. The van der Waals surface area contributed by atoms with E-state index in [1.165, 1.54) is 0 Å². The summed E-state index contributed by atoms with van der Waals surface area (Å²) >= 11 is 0. The van der Waals surface area contributed by atoms with Crippen LogP contribution in [0, 0.1) is 11.8 Å². The van der Waals surface area contributed by atoms with E-state index in [9.17, 15) is 9.59 Å². The van der Waals surface area contributed by atoms with Crippen LogP contribution in [0.4, 0.5) is 0 Å². The Kier molecular flexibility index (Phi) is 5.93. The monoisotopic (exact) mass is 289 g/mol. The number of ether oxygens (including phenoxy) is 1. The number of carbonyl (C=O) groups excluding carboxylic acids is 2. The molecule has 21 heavy (non-hydrogen) atoms. The van der Waals surface area contributed by atoms with Crippen molar-refractivity contribution in [2.24, 2.45) is 11.8 Å². The molecule has 0 spiro atoms. The predicted molar refractivity (Wildman–Crippen MR) is 80.8 cm³/mol. The molecule has 4 nitrogen and oxygen atoms in total. The number of carbonyl (C=O) groups is 2. The van der Waals surface area contributed by atoms with Gasteiger partial charge in [-0.1, -0.05) is 37.3 Å². The number of hydrogen-bond acceptors (Lipinski definition) is 4. The zero-order valence-corrected chi connectivity index (χ0v) is 12.5. The van der Waals surface area contributed by atoms with Crippen molar-refractivity contribution in [3.05, 3.63) is 35.9 Å². The highest BCUT2D eigenvalue weighted by Crippen LogP contribution is 2.22. The van der Waals surface area contributed by atoms with Crippen LogP contribution in [0.1, 0.15) is 25.3 Å². The van der Waals surface area contributed by atoms with Gasteiger partial charge in [0.15, 0.2) is 0 Å². The molecule has 1 aromatic carbocycles. The first-order valence-corrected chi connectivity index (χ1v) is 7.58. The number of rotatable bonds is 6. The zero-order valence-electron chi connectivity index (χ0n) is 12.5. The predicted octanol–water partition coefficient (Wildman–Crippen LogP) is 1.98. The average Bonchev–Trinajstić information content (AvgIpc) is 2.64. The van der Waals surface area contributed by atoms with Crippen molar-refractivity contribution in [1.82, 2.24) is 5.32 Å². The molecule has 1 heterocycles. The largest absolute Gasteiger partial charge is 0.464 e. The van der Waals surface area contributed by atoms with Gasteiger partial charge >= 0.3 is 0 Å². The molecular weight excluding hydrogens is 266 g/mol. The van der Waals surface area contributed by atoms with E-state index in [0.29, 0.717) is 19.3 Å². The molecule has 1 aromatic rings. The number of benzene rings is 1. The van der Waals surface area contributed by atoms with E-state index >= 15 is 0 Å². The van der Waals surface area contributed by atoms with Crippen molar-refractivity contribution in [1.29, 1.82) is 0 Å². The quantitative estimate of drug-likeness (QED) is 0.814. The fraction of sp³-hybridized carbons (Fsp3) is 0.529. The fourth-order valence-corrected chi connectivity index (χ4v) is 2.93. The molecule has 4 heteroatoms. The molecule has 114 valence electrons. The molecule has 1 fully saturated rings. The Hall–Kier alpha value is -1.68. The second kappa shape index (κ2) is 7.93. The maximum Gasteiger partial charge on any atom is 0.293 e. The molecule has 0 aromatic heterocycles. The molecule has 1 saturated heterocycles. The second-order valence-electron chi connectivity index (χ2n) is 5.77. The summed E-state index contributed by atoms with van der Waals surface area (Å²) < 4.78 is 5.22. The van der Waals surface area contributed by atoms with Gasteiger partial charge in [-0.25, -0.2) is 0 Å². The molecular formula is C17H23NO3. The van der Waals surface area contributed by atoms with E-state index in [4.69, 9.17) is 4.74 Å². The van der Waals surface area contributed by atoms with Gasteiger partial charge in [-0.2, -0.15) is 0 Å². The van der Waals surface area contributed by atoms with Crippen molar-refractivity contribution < 1.29 is 14.3 Å². The minimum atomic E-state index is -0.232. The van der Waals surface area contributed by atoms with Crippen molar-refractivity contribution in [3.63, 3.8) is 0 Å². The fourth-order valence-electron chi connectivity index (χ4n) is 2.93. The van der Waals surface area contributed by atoms with Crippen LogP contribution in [0.3, 0.4) is 0 Å². The number of ketones is 1. The van der Waals surface area contributed by atoms with Gasteiger partial charge in [-0.3, -0.25) is 9.59 Å². The van der Waals surface area contributed by atoms with E-state index < -0.39 is 0 Å². The Bertz CT molecular complexity index is 460. The molecule has 1 aliphatic heterocycles. The molecule has 3 atom stereocenters. The van der Waals surface area contributed by atoms with Crippen LogP contribution in [0.5, 0.6) is 0 Å². The molecule has 2 rings (SSSR count). The van der Waals surface area contributed by atoms with Gasteiger partial charge < -0.3 is 10.1 Å². The lowest BCUT2D eigenvalue weighted by Gasteiger charge is -2.21. The van der Waals surface area contributed by atoms with Gasteiger partial charge in [0.2, 0.25) is 0 Å². The lowest BCUT2D eigenvalue weighted by atomic mass is 9.87. The van der Waals surface area contributed by atoms with Crippen molar-refractivity contribution in [2.75, 3.05) is 13.1 Å². The lowest BCUT2D eigenvalue weighted by Crippen LogP contribution is -2.28. The Morgan fingerprint density at radius 2 is 2.14 bits per heavy atom. The first-order valence-electron chi connectivity index (χ1n) is 7.58. The summed E-state index contributed by atoms with van der Waals surface area (Å²) in [6, 6.07) is 9.92. The Morgan fingerprint density at radius 1 is 1.38 bits per heavy atom. The van der Waals surface area contributed by atoms with Crippen LogP contribution in [-0.4, -0.2) is 31.4 Å².